The van der Waals surface area contributed by atoms with Gasteiger partial charge in [-0.15, -0.1) is 18.2 Å². The van der Waals surface area contributed by atoms with Gasteiger partial charge in [-0.2, -0.15) is 0 Å². The van der Waals surface area contributed by atoms with Gasteiger partial charge >= 0.3 is 0 Å². The summed E-state index contributed by atoms with van der Waals surface area (Å²) in [5.74, 6) is 3.70. The molecule has 0 saturated heterocycles. The van der Waals surface area contributed by atoms with E-state index < -0.39 is 10.0 Å². The molecule has 0 fully saturated rings. The van der Waals surface area contributed by atoms with E-state index in [4.69, 9.17) is 12.2 Å². The minimum absolute atomic E-state index is 0.137. The van der Waals surface area contributed by atoms with Crippen molar-refractivity contribution < 1.29 is 8.42 Å². The second-order valence-electron chi connectivity index (χ2n) is 4.13. The molecule has 1 aromatic carbocycles. The fourth-order valence-electron chi connectivity index (χ4n) is 1.50. The first-order valence-corrected chi connectivity index (χ1v) is 8.40. The van der Waals surface area contributed by atoms with Crippen molar-refractivity contribution in [1.82, 2.24) is 4.72 Å². The van der Waals surface area contributed by atoms with Crippen LogP contribution < -0.4 is 10.5 Å². The number of rotatable bonds is 6. The molecule has 0 spiro atoms. The molecular formula is C13H18N2O2S2. The van der Waals surface area contributed by atoms with Crippen LogP contribution in [-0.4, -0.2) is 26.5 Å². The smallest absolute Gasteiger partial charge is 0.242 e. The maximum Gasteiger partial charge on any atom is 0.242 e. The van der Waals surface area contributed by atoms with Crippen molar-refractivity contribution in [2.45, 2.75) is 18.7 Å². The van der Waals surface area contributed by atoms with Crippen LogP contribution in [0, 0.1) is 26.2 Å². The van der Waals surface area contributed by atoms with E-state index in [1.165, 1.54) is 11.8 Å². The normalized spacial score (nSPS) is 11.2. The molecular weight excluding hydrogens is 280 g/mol. The number of hydrogen-bond acceptors (Lipinski definition) is 4. The number of aryl methyl sites for hydroxylation is 2. The van der Waals surface area contributed by atoms with Gasteiger partial charge in [0.15, 0.2) is 0 Å². The van der Waals surface area contributed by atoms with Crippen molar-refractivity contribution in [3.05, 3.63) is 23.3 Å². The summed E-state index contributed by atoms with van der Waals surface area (Å²) in [6.45, 7) is 4.09. The lowest BCUT2D eigenvalue weighted by Crippen LogP contribution is -2.27. The van der Waals surface area contributed by atoms with E-state index in [0.717, 1.165) is 11.1 Å². The third-order valence-corrected chi connectivity index (χ3v) is 5.02. The summed E-state index contributed by atoms with van der Waals surface area (Å²) in [5, 5.41) is 0. The molecule has 6 heteroatoms. The number of benzene rings is 1. The van der Waals surface area contributed by atoms with Gasteiger partial charge in [-0.1, -0.05) is 5.92 Å². The van der Waals surface area contributed by atoms with Crippen molar-refractivity contribution in [3.8, 4) is 12.3 Å². The van der Waals surface area contributed by atoms with Gasteiger partial charge < -0.3 is 5.73 Å². The molecule has 0 atom stereocenters. The van der Waals surface area contributed by atoms with E-state index in [9.17, 15) is 8.42 Å². The number of terminal acetylenes is 1. The molecule has 0 aliphatic heterocycles. The molecule has 0 aliphatic rings. The Morgan fingerprint density at radius 3 is 2.63 bits per heavy atom. The third kappa shape index (κ3) is 4.46. The average Bonchev–Trinajstić information content (AvgIpc) is 2.33. The summed E-state index contributed by atoms with van der Waals surface area (Å²) in [4.78, 5) is 0.137. The fourth-order valence-corrected chi connectivity index (χ4v) is 3.37. The zero-order chi connectivity index (χ0) is 14.5. The van der Waals surface area contributed by atoms with Crippen LogP contribution in [0.5, 0.6) is 0 Å². The van der Waals surface area contributed by atoms with E-state index in [0.29, 0.717) is 18.1 Å². The average molecular weight is 298 g/mol. The minimum atomic E-state index is -3.56. The van der Waals surface area contributed by atoms with Gasteiger partial charge in [0.05, 0.1) is 11.4 Å². The Balaban J connectivity index is 2.78. The Morgan fingerprint density at radius 1 is 1.37 bits per heavy atom. The molecule has 0 heterocycles. The summed E-state index contributed by atoms with van der Waals surface area (Å²) in [6, 6.07) is 3.28. The number of sulfonamides is 1. The monoisotopic (exact) mass is 298 g/mol. The SMILES string of the molecule is C#CCSCCNS(=O)(=O)c1cc(C)c(C)cc1N. The number of anilines is 1. The number of nitrogens with one attached hydrogen (secondary N) is 1. The summed E-state index contributed by atoms with van der Waals surface area (Å²) < 4.78 is 26.7. The maximum absolute atomic E-state index is 12.1. The molecule has 19 heavy (non-hydrogen) atoms. The molecule has 4 nitrogen and oxygen atoms in total. The standard InChI is InChI=1S/C13H18N2O2S2/c1-4-6-18-7-5-15-19(16,17)13-9-11(3)10(2)8-12(13)14/h1,8-9,15H,5-7,14H2,2-3H3. The van der Waals surface area contributed by atoms with Gasteiger partial charge in [0.2, 0.25) is 10.0 Å². The highest BCUT2D eigenvalue weighted by atomic mass is 32.2. The quantitative estimate of drug-likeness (QED) is 0.474. The van der Waals surface area contributed by atoms with E-state index in [1.807, 2.05) is 13.8 Å². The van der Waals surface area contributed by atoms with E-state index in [1.54, 1.807) is 12.1 Å². The summed E-state index contributed by atoms with van der Waals surface area (Å²) in [5.41, 5.74) is 7.92. The third-order valence-electron chi connectivity index (χ3n) is 2.64. The second kappa shape index (κ2) is 6.85. The van der Waals surface area contributed by atoms with Crippen LogP contribution in [0.15, 0.2) is 17.0 Å². The Hall–Kier alpha value is -1.16. The summed E-state index contributed by atoms with van der Waals surface area (Å²) in [7, 11) is -3.56. The highest BCUT2D eigenvalue weighted by Crippen LogP contribution is 2.22. The Bertz CT molecular complexity index is 589. The first-order chi connectivity index (χ1) is 8.88. The van der Waals surface area contributed by atoms with Crippen molar-refractivity contribution >= 4 is 27.5 Å². The highest BCUT2D eigenvalue weighted by molar-refractivity contribution is 7.99. The van der Waals surface area contributed by atoms with Crippen LogP contribution in [0.25, 0.3) is 0 Å². The van der Waals surface area contributed by atoms with Gasteiger partial charge in [0.25, 0.3) is 0 Å². The van der Waals surface area contributed by atoms with Crippen LogP contribution >= 0.6 is 11.8 Å². The zero-order valence-corrected chi connectivity index (χ0v) is 12.7. The van der Waals surface area contributed by atoms with Crippen LogP contribution in [-0.2, 0) is 10.0 Å². The van der Waals surface area contributed by atoms with Crippen LogP contribution in [0.1, 0.15) is 11.1 Å². The van der Waals surface area contributed by atoms with Crippen LogP contribution in [0.4, 0.5) is 5.69 Å². The summed E-state index contributed by atoms with van der Waals surface area (Å²) >= 11 is 1.50. The molecule has 0 unspecified atom stereocenters. The first kappa shape index (κ1) is 15.9. The molecule has 0 aromatic heterocycles. The zero-order valence-electron chi connectivity index (χ0n) is 11.1. The Kier molecular flexibility index (Phi) is 5.73. The molecule has 0 saturated carbocycles. The Labute approximate surface area is 119 Å². The highest BCUT2D eigenvalue weighted by Gasteiger charge is 2.17. The van der Waals surface area contributed by atoms with Crippen molar-refractivity contribution in [3.63, 3.8) is 0 Å². The lowest BCUT2D eigenvalue weighted by atomic mass is 10.1. The van der Waals surface area contributed by atoms with Crippen molar-refractivity contribution in [2.75, 3.05) is 23.8 Å². The second-order valence-corrected chi connectivity index (χ2v) is 6.97. The maximum atomic E-state index is 12.1. The first-order valence-electron chi connectivity index (χ1n) is 5.76. The Morgan fingerprint density at radius 2 is 2.00 bits per heavy atom. The molecule has 0 radical (unpaired) electrons. The number of hydrogen-bond donors (Lipinski definition) is 2. The minimum Gasteiger partial charge on any atom is -0.398 e. The largest absolute Gasteiger partial charge is 0.398 e. The van der Waals surface area contributed by atoms with E-state index in [2.05, 4.69) is 10.6 Å². The lowest BCUT2D eigenvalue weighted by molar-refractivity contribution is 0.584. The van der Waals surface area contributed by atoms with Crippen LogP contribution in [0.2, 0.25) is 0 Å². The topological polar surface area (TPSA) is 72.2 Å². The van der Waals surface area contributed by atoms with Gasteiger partial charge in [0, 0.05) is 12.3 Å². The van der Waals surface area contributed by atoms with Gasteiger partial charge in [-0.05, 0) is 37.1 Å². The van der Waals surface area contributed by atoms with Gasteiger partial charge in [-0.3, -0.25) is 0 Å². The summed E-state index contributed by atoms with van der Waals surface area (Å²) in [6.07, 6.45) is 5.11. The van der Waals surface area contributed by atoms with Gasteiger partial charge in [0.1, 0.15) is 4.90 Å². The molecule has 104 valence electrons. The van der Waals surface area contributed by atoms with Crippen LogP contribution in [0.3, 0.4) is 0 Å². The molecule has 1 rings (SSSR count). The van der Waals surface area contributed by atoms with E-state index >= 15 is 0 Å². The lowest BCUT2D eigenvalue weighted by Gasteiger charge is -2.11. The number of nitrogen functional groups attached to an aromatic ring is 1. The fraction of sp³-hybridized carbons (Fsp3) is 0.385. The molecule has 0 amide bonds. The van der Waals surface area contributed by atoms with Crippen molar-refractivity contribution in [1.29, 1.82) is 0 Å². The number of nitrogens with two attached hydrogens (primary N) is 1. The predicted octanol–water partition coefficient (Wildman–Crippen LogP) is 1.53. The number of thioether (sulfide) groups is 1. The van der Waals surface area contributed by atoms with Gasteiger partial charge in [-0.25, -0.2) is 13.1 Å². The predicted molar refractivity (Wildman–Crippen MR) is 81.7 cm³/mol. The molecule has 1 aromatic rings. The van der Waals surface area contributed by atoms with Crippen molar-refractivity contribution in [2.24, 2.45) is 0 Å². The molecule has 0 aliphatic carbocycles. The van der Waals surface area contributed by atoms with E-state index in [-0.39, 0.29) is 10.6 Å². The molecule has 0 bridgehead atoms. The molecule has 3 N–H and O–H groups in total.